The van der Waals surface area contributed by atoms with Crippen molar-refractivity contribution in [3.8, 4) is 5.88 Å². The number of aryl methyl sites for hydroxylation is 2. The highest BCUT2D eigenvalue weighted by molar-refractivity contribution is 5.91. The number of ether oxygens (including phenoxy) is 1. The predicted octanol–water partition coefficient (Wildman–Crippen LogP) is 1.77. The standard InChI is InChI=1S/C16H19F3N6O2/c1-10-8-21-11(24-14(10)26)5-3-7-27-13-6-2-4-12(23-13)25-15(20)22-9-16(17,18)19/h2,4,6,8H,3,5,7,9H2,1H3,(H,21,24,26)(H3,20,22,23,25). The molecular formula is C16H19F3N6O2. The van der Waals surface area contributed by atoms with Crippen LogP contribution in [0.25, 0.3) is 0 Å². The third-order valence-corrected chi connectivity index (χ3v) is 3.25. The Balaban J connectivity index is 1.82. The summed E-state index contributed by atoms with van der Waals surface area (Å²) < 4.78 is 41.8. The van der Waals surface area contributed by atoms with Crippen LogP contribution in [0.15, 0.2) is 34.2 Å². The van der Waals surface area contributed by atoms with Crippen LogP contribution in [0.1, 0.15) is 17.8 Å². The molecule has 2 heterocycles. The number of nitrogens with two attached hydrogens (primary N) is 1. The maximum Gasteiger partial charge on any atom is 0.408 e. The zero-order valence-electron chi connectivity index (χ0n) is 14.5. The Kier molecular flexibility index (Phi) is 6.74. The monoisotopic (exact) mass is 384 g/mol. The van der Waals surface area contributed by atoms with Crippen molar-refractivity contribution >= 4 is 11.8 Å². The van der Waals surface area contributed by atoms with E-state index in [2.05, 4.69) is 25.3 Å². The van der Waals surface area contributed by atoms with Crippen molar-refractivity contribution in [3.63, 3.8) is 0 Å². The summed E-state index contributed by atoms with van der Waals surface area (Å²) in [5, 5.41) is 2.47. The summed E-state index contributed by atoms with van der Waals surface area (Å²) in [4.78, 5) is 25.6. The van der Waals surface area contributed by atoms with E-state index in [-0.39, 0.29) is 17.3 Å². The first-order valence-corrected chi connectivity index (χ1v) is 8.01. The maximum absolute atomic E-state index is 12.1. The van der Waals surface area contributed by atoms with Gasteiger partial charge in [-0.25, -0.2) is 9.98 Å². The molecule has 8 nitrogen and oxygen atoms in total. The number of hydrogen-bond acceptors (Lipinski definition) is 5. The molecule has 0 saturated heterocycles. The van der Waals surface area contributed by atoms with Crippen LogP contribution in [-0.4, -0.2) is 40.2 Å². The van der Waals surface area contributed by atoms with Crippen LogP contribution in [0.4, 0.5) is 19.0 Å². The van der Waals surface area contributed by atoms with Crippen molar-refractivity contribution in [2.24, 2.45) is 10.7 Å². The minimum Gasteiger partial charge on any atom is -0.478 e. The number of guanidine groups is 1. The average Bonchev–Trinajstić information content (AvgIpc) is 2.60. The van der Waals surface area contributed by atoms with Gasteiger partial charge in [-0.15, -0.1) is 0 Å². The number of nitrogens with one attached hydrogen (secondary N) is 2. The number of alkyl halides is 3. The van der Waals surface area contributed by atoms with Gasteiger partial charge in [0.15, 0.2) is 5.96 Å². The van der Waals surface area contributed by atoms with E-state index in [0.29, 0.717) is 30.8 Å². The van der Waals surface area contributed by atoms with Crippen molar-refractivity contribution in [1.82, 2.24) is 15.0 Å². The number of halogens is 3. The van der Waals surface area contributed by atoms with Gasteiger partial charge in [-0.05, 0) is 19.4 Å². The molecule has 146 valence electrons. The molecular weight excluding hydrogens is 365 g/mol. The summed E-state index contributed by atoms with van der Waals surface area (Å²) in [6.45, 7) is 0.606. The van der Waals surface area contributed by atoms with Crippen LogP contribution in [0, 0.1) is 6.92 Å². The first kappa shape index (κ1) is 20.2. The molecule has 0 radical (unpaired) electrons. The Morgan fingerprint density at radius 2 is 2.19 bits per heavy atom. The summed E-state index contributed by atoms with van der Waals surface area (Å²) in [6, 6.07) is 4.73. The quantitative estimate of drug-likeness (QED) is 0.380. The molecule has 0 aromatic carbocycles. The van der Waals surface area contributed by atoms with E-state index in [4.69, 9.17) is 10.5 Å². The van der Waals surface area contributed by atoms with Crippen molar-refractivity contribution in [1.29, 1.82) is 0 Å². The molecule has 2 rings (SSSR count). The highest BCUT2D eigenvalue weighted by Crippen LogP contribution is 2.15. The fourth-order valence-electron chi connectivity index (χ4n) is 1.95. The van der Waals surface area contributed by atoms with Crippen LogP contribution in [0.5, 0.6) is 5.88 Å². The summed E-state index contributed by atoms with van der Waals surface area (Å²) in [7, 11) is 0. The zero-order valence-corrected chi connectivity index (χ0v) is 14.5. The Bertz CT molecular complexity index is 851. The minimum absolute atomic E-state index is 0.175. The SMILES string of the molecule is Cc1cnc(CCCOc2cccc(NC(N)=NCC(F)(F)F)n2)[nH]c1=O. The normalized spacial score (nSPS) is 12.1. The highest BCUT2D eigenvalue weighted by atomic mass is 19.4. The van der Waals surface area contributed by atoms with Gasteiger partial charge >= 0.3 is 6.18 Å². The van der Waals surface area contributed by atoms with Crippen LogP contribution in [0.3, 0.4) is 0 Å². The number of rotatable bonds is 7. The van der Waals surface area contributed by atoms with Gasteiger partial charge in [-0.2, -0.15) is 18.2 Å². The van der Waals surface area contributed by atoms with E-state index in [1.807, 2.05) is 0 Å². The van der Waals surface area contributed by atoms with Gasteiger partial charge in [-0.1, -0.05) is 6.07 Å². The van der Waals surface area contributed by atoms with E-state index in [1.54, 1.807) is 19.1 Å². The number of H-pyrrole nitrogens is 1. The number of aliphatic imine (C=N–C) groups is 1. The average molecular weight is 384 g/mol. The Morgan fingerprint density at radius 1 is 1.41 bits per heavy atom. The zero-order chi connectivity index (χ0) is 19.9. The van der Waals surface area contributed by atoms with Gasteiger partial charge in [0, 0.05) is 24.2 Å². The largest absolute Gasteiger partial charge is 0.478 e. The molecule has 0 fully saturated rings. The molecule has 2 aromatic heterocycles. The number of anilines is 1. The van der Waals surface area contributed by atoms with Gasteiger partial charge in [0.25, 0.3) is 5.56 Å². The Hall–Kier alpha value is -3.11. The lowest BCUT2D eigenvalue weighted by molar-refractivity contribution is -0.118. The van der Waals surface area contributed by atoms with E-state index in [0.717, 1.165) is 0 Å². The molecule has 0 aliphatic rings. The maximum atomic E-state index is 12.1. The first-order chi connectivity index (χ1) is 12.7. The topological polar surface area (TPSA) is 118 Å². The predicted molar refractivity (Wildman–Crippen MR) is 93.8 cm³/mol. The first-order valence-electron chi connectivity index (χ1n) is 8.01. The van der Waals surface area contributed by atoms with Gasteiger partial charge in [0.05, 0.1) is 6.61 Å². The van der Waals surface area contributed by atoms with Crippen molar-refractivity contribution in [2.45, 2.75) is 25.9 Å². The fraction of sp³-hybridized carbons (Fsp3) is 0.375. The molecule has 0 amide bonds. The lowest BCUT2D eigenvalue weighted by Gasteiger charge is -2.09. The lowest BCUT2D eigenvalue weighted by atomic mass is 10.3. The second-order valence-electron chi connectivity index (χ2n) is 5.60. The van der Waals surface area contributed by atoms with Gasteiger partial charge < -0.3 is 20.8 Å². The molecule has 0 saturated carbocycles. The number of hydrogen-bond donors (Lipinski definition) is 3. The summed E-state index contributed by atoms with van der Waals surface area (Å²) >= 11 is 0. The van der Waals surface area contributed by atoms with Crippen molar-refractivity contribution in [2.75, 3.05) is 18.5 Å². The molecule has 0 unspecified atom stereocenters. The highest BCUT2D eigenvalue weighted by Gasteiger charge is 2.26. The molecule has 2 aromatic rings. The summed E-state index contributed by atoms with van der Waals surface area (Å²) in [6.07, 6.45) is -1.82. The van der Waals surface area contributed by atoms with Crippen molar-refractivity contribution < 1.29 is 17.9 Å². The van der Waals surface area contributed by atoms with Gasteiger partial charge in [0.1, 0.15) is 18.2 Å². The molecule has 27 heavy (non-hydrogen) atoms. The van der Waals surface area contributed by atoms with Crippen LogP contribution in [-0.2, 0) is 6.42 Å². The molecule has 0 aliphatic carbocycles. The number of aromatic nitrogens is 3. The number of pyridine rings is 1. The fourth-order valence-corrected chi connectivity index (χ4v) is 1.95. The van der Waals surface area contributed by atoms with Gasteiger partial charge in [-0.3, -0.25) is 4.79 Å². The summed E-state index contributed by atoms with van der Waals surface area (Å²) in [5.74, 6) is 0.645. The van der Waals surface area contributed by atoms with Crippen molar-refractivity contribution in [3.05, 3.63) is 46.1 Å². The van der Waals surface area contributed by atoms with Crippen LogP contribution < -0.4 is 21.3 Å². The van der Waals surface area contributed by atoms with E-state index < -0.39 is 18.7 Å². The molecule has 4 N–H and O–H groups in total. The smallest absolute Gasteiger partial charge is 0.408 e. The second kappa shape index (κ2) is 9.01. The molecule has 0 aliphatic heterocycles. The van der Waals surface area contributed by atoms with E-state index in [9.17, 15) is 18.0 Å². The van der Waals surface area contributed by atoms with Crippen LogP contribution in [0.2, 0.25) is 0 Å². The number of aromatic amines is 1. The van der Waals surface area contributed by atoms with E-state index >= 15 is 0 Å². The molecule has 0 bridgehead atoms. The third kappa shape index (κ3) is 7.34. The Labute approximate surface area is 152 Å². The summed E-state index contributed by atoms with van der Waals surface area (Å²) in [5.41, 5.74) is 5.76. The second-order valence-corrected chi connectivity index (χ2v) is 5.60. The lowest BCUT2D eigenvalue weighted by Crippen LogP contribution is -2.26. The van der Waals surface area contributed by atoms with E-state index in [1.165, 1.54) is 12.3 Å². The molecule has 0 atom stereocenters. The molecule has 0 spiro atoms. The van der Waals surface area contributed by atoms with Crippen LogP contribution >= 0.6 is 0 Å². The Morgan fingerprint density at radius 3 is 2.89 bits per heavy atom. The van der Waals surface area contributed by atoms with Gasteiger partial charge in [0.2, 0.25) is 5.88 Å². The third-order valence-electron chi connectivity index (χ3n) is 3.25. The minimum atomic E-state index is -4.43. The number of nitrogens with zero attached hydrogens (tertiary/aromatic N) is 3. The molecule has 11 heteroatoms.